The van der Waals surface area contributed by atoms with Crippen LogP contribution < -0.4 is 10.6 Å². The first-order valence-electron chi connectivity index (χ1n) is 9.47. The van der Waals surface area contributed by atoms with Gasteiger partial charge in [0.25, 0.3) is 5.91 Å². The fraction of sp³-hybridized carbons (Fsp3) is 0.0833. The summed E-state index contributed by atoms with van der Waals surface area (Å²) in [5.41, 5.74) is 1.77. The molecule has 0 aliphatic rings. The number of carbonyl (C=O) groups excluding carboxylic acids is 4. The van der Waals surface area contributed by atoms with Crippen LogP contribution in [0.1, 0.15) is 38.0 Å². The van der Waals surface area contributed by atoms with Gasteiger partial charge in [-0.2, -0.15) is 0 Å². The Labute approximate surface area is 179 Å². The Morgan fingerprint density at radius 2 is 1.39 bits per heavy atom. The minimum atomic E-state index is -0.729. The fourth-order valence-corrected chi connectivity index (χ4v) is 2.79. The number of anilines is 2. The summed E-state index contributed by atoms with van der Waals surface area (Å²) in [5.74, 6) is -1.71. The Kier molecular flexibility index (Phi) is 6.90. The van der Waals surface area contributed by atoms with Crippen molar-refractivity contribution in [2.75, 3.05) is 17.2 Å². The van der Waals surface area contributed by atoms with Gasteiger partial charge in [0.05, 0.1) is 11.3 Å². The standard InChI is InChI=1S/C24H20N2O5/c1-16(27)25-19-13-11-17(12-14-19)22(28)15-31-24(30)20-9-5-6-10-21(20)26-23(29)18-7-3-2-4-8-18/h2-14H,15H2,1H3,(H,25,27)(H,26,29). The molecule has 2 amide bonds. The number of nitrogens with one attached hydrogen (secondary N) is 2. The minimum Gasteiger partial charge on any atom is -0.454 e. The molecule has 7 nitrogen and oxygen atoms in total. The Morgan fingerprint density at radius 1 is 0.742 bits per heavy atom. The first kappa shape index (κ1) is 21.4. The maximum Gasteiger partial charge on any atom is 0.340 e. The number of carbonyl (C=O) groups is 4. The molecule has 0 aliphatic carbocycles. The third-order valence-electron chi connectivity index (χ3n) is 4.29. The van der Waals surface area contributed by atoms with Crippen LogP contribution in [-0.4, -0.2) is 30.2 Å². The maximum atomic E-state index is 12.5. The number of hydrogen-bond acceptors (Lipinski definition) is 5. The van der Waals surface area contributed by atoms with Gasteiger partial charge in [-0.05, 0) is 48.5 Å². The van der Waals surface area contributed by atoms with Crippen LogP contribution in [0.2, 0.25) is 0 Å². The Morgan fingerprint density at radius 3 is 2.06 bits per heavy atom. The molecule has 0 aliphatic heterocycles. The summed E-state index contributed by atoms with van der Waals surface area (Å²) in [6, 6.07) is 21.3. The van der Waals surface area contributed by atoms with Crippen LogP contribution in [0.3, 0.4) is 0 Å². The van der Waals surface area contributed by atoms with Crippen molar-refractivity contribution in [2.24, 2.45) is 0 Å². The van der Waals surface area contributed by atoms with E-state index in [1.807, 2.05) is 0 Å². The van der Waals surface area contributed by atoms with E-state index in [0.29, 0.717) is 16.8 Å². The lowest BCUT2D eigenvalue weighted by molar-refractivity contribution is -0.114. The van der Waals surface area contributed by atoms with Gasteiger partial charge >= 0.3 is 5.97 Å². The molecule has 31 heavy (non-hydrogen) atoms. The van der Waals surface area contributed by atoms with E-state index in [0.717, 1.165) is 0 Å². The molecule has 2 N–H and O–H groups in total. The second kappa shape index (κ2) is 9.98. The number of ketones is 1. The van der Waals surface area contributed by atoms with Crippen LogP contribution in [0, 0.1) is 0 Å². The second-order valence-electron chi connectivity index (χ2n) is 6.62. The molecule has 0 spiro atoms. The lowest BCUT2D eigenvalue weighted by Gasteiger charge is -2.11. The average Bonchev–Trinajstić information content (AvgIpc) is 2.78. The zero-order valence-electron chi connectivity index (χ0n) is 16.8. The topological polar surface area (TPSA) is 102 Å². The van der Waals surface area contributed by atoms with E-state index in [2.05, 4.69) is 10.6 Å². The van der Waals surface area contributed by atoms with Crippen molar-refractivity contribution in [3.63, 3.8) is 0 Å². The van der Waals surface area contributed by atoms with Crippen LogP contribution in [0.15, 0.2) is 78.9 Å². The van der Waals surface area contributed by atoms with Crippen LogP contribution in [0.5, 0.6) is 0 Å². The summed E-state index contributed by atoms with van der Waals surface area (Å²) < 4.78 is 5.16. The zero-order chi connectivity index (χ0) is 22.2. The molecule has 156 valence electrons. The van der Waals surface area contributed by atoms with Crippen LogP contribution in [-0.2, 0) is 9.53 Å². The number of benzene rings is 3. The predicted molar refractivity (Wildman–Crippen MR) is 116 cm³/mol. The third-order valence-corrected chi connectivity index (χ3v) is 4.29. The van der Waals surface area contributed by atoms with Crippen molar-refractivity contribution in [3.05, 3.63) is 95.6 Å². The van der Waals surface area contributed by atoms with Gasteiger partial charge in [0.2, 0.25) is 5.91 Å². The van der Waals surface area contributed by atoms with E-state index >= 15 is 0 Å². The molecule has 0 bridgehead atoms. The Balaban J connectivity index is 1.63. The van der Waals surface area contributed by atoms with E-state index in [1.54, 1.807) is 60.7 Å². The van der Waals surface area contributed by atoms with E-state index in [1.165, 1.54) is 25.1 Å². The number of amides is 2. The average molecular weight is 416 g/mol. The van der Waals surface area contributed by atoms with E-state index in [-0.39, 0.29) is 23.1 Å². The van der Waals surface area contributed by atoms with Gasteiger partial charge in [0.15, 0.2) is 12.4 Å². The lowest BCUT2D eigenvalue weighted by atomic mass is 10.1. The normalized spacial score (nSPS) is 10.1. The maximum absolute atomic E-state index is 12.5. The van der Waals surface area contributed by atoms with Crippen LogP contribution in [0.4, 0.5) is 11.4 Å². The number of rotatable bonds is 7. The zero-order valence-corrected chi connectivity index (χ0v) is 16.8. The number of para-hydroxylation sites is 1. The van der Waals surface area contributed by atoms with Gasteiger partial charge in [0, 0.05) is 23.7 Å². The highest BCUT2D eigenvalue weighted by Gasteiger charge is 2.17. The molecule has 0 radical (unpaired) electrons. The van der Waals surface area contributed by atoms with Gasteiger partial charge < -0.3 is 15.4 Å². The monoisotopic (exact) mass is 416 g/mol. The molecule has 0 saturated carbocycles. The first-order chi connectivity index (χ1) is 14.9. The van der Waals surface area contributed by atoms with Crippen LogP contribution in [0.25, 0.3) is 0 Å². The molecule has 0 heterocycles. The number of hydrogen-bond donors (Lipinski definition) is 2. The third kappa shape index (κ3) is 5.86. The van der Waals surface area contributed by atoms with Crippen molar-refractivity contribution in [1.82, 2.24) is 0 Å². The summed E-state index contributed by atoms with van der Waals surface area (Å²) in [7, 11) is 0. The van der Waals surface area contributed by atoms with Crippen molar-refractivity contribution >= 4 is 34.9 Å². The second-order valence-corrected chi connectivity index (χ2v) is 6.62. The SMILES string of the molecule is CC(=O)Nc1ccc(C(=O)COC(=O)c2ccccc2NC(=O)c2ccccc2)cc1. The van der Waals surface area contributed by atoms with Gasteiger partial charge in [-0.25, -0.2) is 4.79 Å². The number of Topliss-reactive ketones (excluding diaryl/α,β-unsaturated/α-hetero) is 1. The molecule has 0 aromatic heterocycles. The summed E-state index contributed by atoms with van der Waals surface area (Å²) >= 11 is 0. The molecule has 3 aromatic rings. The van der Waals surface area contributed by atoms with Gasteiger partial charge in [-0.1, -0.05) is 30.3 Å². The largest absolute Gasteiger partial charge is 0.454 e. The van der Waals surface area contributed by atoms with Crippen molar-refractivity contribution in [3.8, 4) is 0 Å². The smallest absolute Gasteiger partial charge is 0.340 e. The highest BCUT2D eigenvalue weighted by molar-refractivity contribution is 6.08. The predicted octanol–water partition coefficient (Wildman–Crippen LogP) is 3.94. The van der Waals surface area contributed by atoms with Crippen molar-refractivity contribution in [2.45, 2.75) is 6.92 Å². The van der Waals surface area contributed by atoms with Crippen LogP contribution >= 0.6 is 0 Å². The summed E-state index contributed by atoms with van der Waals surface area (Å²) in [6.07, 6.45) is 0. The molecule has 7 heteroatoms. The van der Waals surface area contributed by atoms with Crippen molar-refractivity contribution < 1.29 is 23.9 Å². The number of ether oxygens (including phenoxy) is 1. The molecule has 0 unspecified atom stereocenters. The highest BCUT2D eigenvalue weighted by atomic mass is 16.5. The Hall–Kier alpha value is -4.26. The van der Waals surface area contributed by atoms with E-state index in [9.17, 15) is 19.2 Å². The molecule has 0 fully saturated rings. The molecule has 3 rings (SSSR count). The molecule has 0 atom stereocenters. The Bertz CT molecular complexity index is 1110. The highest BCUT2D eigenvalue weighted by Crippen LogP contribution is 2.18. The van der Waals surface area contributed by atoms with Crippen molar-refractivity contribution in [1.29, 1.82) is 0 Å². The minimum absolute atomic E-state index is 0.139. The quantitative estimate of drug-likeness (QED) is 0.449. The van der Waals surface area contributed by atoms with Gasteiger partial charge in [0.1, 0.15) is 0 Å². The van der Waals surface area contributed by atoms with E-state index in [4.69, 9.17) is 4.74 Å². The molecule has 3 aromatic carbocycles. The molecular weight excluding hydrogens is 396 g/mol. The lowest BCUT2D eigenvalue weighted by Crippen LogP contribution is -2.18. The summed E-state index contributed by atoms with van der Waals surface area (Å²) in [5, 5.41) is 5.30. The fourth-order valence-electron chi connectivity index (χ4n) is 2.79. The van der Waals surface area contributed by atoms with Gasteiger partial charge in [-0.3, -0.25) is 14.4 Å². The number of esters is 1. The summed E-state index contributed by atoms with van der Waals surface area (Å²) in [4.78, 5) is 48.3. The van der Waals surface area contributed by atoms with E-state index < -0.39 is 18.4 Å². The summed E-state index contributed by atoms with van der Waals surface area (Å²) in [6.45, 7) is 0.928. The first-order valence-corrected chi connectivity index (χ1v) is 9.47. The molecule has 0 saturated heterocycles. The van der Waals surface area contributed by atoms with Gasteiger partial charge in [-0.15, -0.1) is 0 Å². The molecular formula is C24H20N2O5.